The van der Waals surface area contributed by atoms with Gasteiger partial charge in [-0.3, -0.25) is 4.79 Å². The van der Waals surface area contributed by atoms with Crippen LogP contribution in [0.1, 0.15) is 21.5 Å². The van der Waals surface area contributed by atoms with E-state index < -0.39 is 5.63 Å². The van der Waals surface area contributed by atoms with Crippen molar-refractivity contribution in [3.05, 3.63) is 81.7 Å². The molecule has 0 atom stereocenters. The van der Waals surface area contributed by atoms with Gasteiger partial charge in [0.2, 0.25) is 0 Å². The van der Waals surface area contributed by atoms with Gasteiger partial charge in [-0.25, -0.2) is 4.79 Å². The molecule has 0 amide bonds. The third-order valence-corrected chi connectivity index (χ3v) is 3.58. The Hall–Kier alpha value is -2.68. The van der Waals surface area contributed by atoms with Crippen LogP contribution >= 0.6 is 0 Å². The second-order valence-corrected chi connectivity index (χ2v) is 4.88. The monoisotopic (exact) mass is 278 g/mol. The maximum Gasteiger partial charge on any atom is 0.347 e. The third kappa shape index (κ3) is 2.63. The summed E-state index contributed by atoms with van der Waals surface area (Å²) in [5.74, 6) is 0. The number of rotatable bonds is 4. The highest BCUT2D eigenvalue weighted by molar-refractivity contribution is 5.88. The summed E-state index contributed by atoms with van der Waals surface area (Å²) in [6, 6.07) is 17.3. The zero-order valence-corrected chi connectivity index (χ0v) is 11.4. The van der Waals surface area contributed by atoms with E-state index in [4.69, 9.17) is 4.42 Å². The van der Waals surface area contributed by atoms with Gasteiger partial charge < -0.3 is 4.42 Å². The van der Waals surface area contributed by atoms with Gasteiger partial charge >= 0.3 is 5.63 Å². The molecule has 0 saturated carbocycles. The van der Waals surface area contributed by atoms with E-state index in [1.807, 2.05) is 48.5 Å². The molecule has 0 N–H and O–H groups in total. The first-order valence-corrected chi connectivity index (χ1v) is 6.83. The number of fused-ring (bicyclic) bond motifs is 1. The van der Waals surface area contributed by atoms with Crippen LogP contribution < -0.4 is 5.63 Å². The van der Waals surface area contributed by atoms with E-state index in [1.165, 1.54) is 5.56 Å². The average Bonchev–Trinajstić information content (AvgIpc) is 2.53. The molecule has 0 aliphatic rings. The lowest BCUT2D eigenvalue weighted by atomic mass is 9.98. The van der Waals surface area contributed by atoms with E-state index in [0.29, 0.717) is 18.3 Å². The van der Waals surface area contributed by atoms with Gasteiger partial charge in [0, 0.05) is 5.39 Å². The topological polar surface area (TPSA) is 47.3 Å². The highest BCUT2D eigenvalue weighted by Crippen LogP contribution is 2.21. The number of carbonyl (C=O) groups is 1. The van der Waals surface area contributed by atoms with Gasteiger partial charge in [0.05, 0.1) is 0 Å². The fraction of sp³-hybridized carbons (Fsp3) is 0.111. The Morgan fingerprint density at radius 1 is 0.905 bits per heavy atom. The van der Waals surface area contributed by atoms with Crippen molar-refractivity contribution >= 4 is 17.3 Å². The first-order chi connectivity index (χ1) is 10.3. The molecule has 3 nitrogen and oxygen atoms in total. The van der Waals surface area contributed by atoms with Crippen molar-refractivity contribution in [2.75, 3.05) is 0 Å². The highest BCUT2D eigenvalue weighted by atomic mass is 16.4. The molecule has 1 aromatic heterocycles. The molecule has 104 valence electrons. The standard InChI is InChI=1S/C18H14O3/c19-12-16-14(11-10-13-6-2-1-3-7-13)15-8-4-5-9-17(15)21-18(16)20/h1-9,12H,10-11H2. The minimum atomic E-state index is -0.563. The molecule has 3 aromatic rings. The fourth-order valence-corrected chi connectivity index (χ4v) is 2.53. The lowest BCUT2D eigenvalue weighted by molar-refractivity contribution is 0.111. The van der Waals surface area contributed by atoms with Crippen LogP contribution in [0.5, 0.6) is 0 Å². The minimum Gasteiger partial charge on any atom is -0.422 e. The van der Waals surface area contributed by atoms with Gasteiger partial charge in [-0.15, -0.1) is 0 Å². The van der Waals surface area contributed by atoms with Crippen molar-refractivity contribution in [2.24, 2.45) is 0 Å². The third-order valence-electron chi connectivity index (χ3n) is 3.58. The number of para-hydroxylation sites is 1. The summed E-state index contributed by atoms with van der Waals surface area (Å²) < 4.78 is 5.19. The number of hydrogen-bond donors (Lipinski definition) is 0. The summed E-state index contributed by atoms with van der Waals surface area (Å²) in [5.41, 5.74) is 2.03. The van der Waals surface area contributed by atoms with Crippen molar-refractivity contribution < 1.29 is 9.21 Å². The largest absolute Gasteiger partial charge is 0.422 e. The number of aryl methyl sites for hydroxylation is 2. The molecule has 0 radical (unpaired) electrons. The highest BCUT2D eigenvalue weighted by Gasteiger charge is 2.13. The van der Waals surface area contributed by atoms with E-state index in [0.717, 1.165) is 17.4 Å². The Morgan fingerprint density at radius 2 is 1.62 bits per heavy atom. The van der Waals surface area contributed by atoms with Crippen LogP contribution in [0.25, 0.3) is 11.0 Å². The first kappa shape index (κ1) is 13.3. The number of benzene rings is 2. The summed E-state index contributed by atoms with van der Waals surface area (Å²) in [4.78, 5) is 23.1. The summed E-state index contributed by atoms with van der Waals surface area (Å²) in [5, 5.41) is 0.829. The minimum absolute atomic E-state index is 0.129. The zero-order chi connectivity index (χ0) is 14.7. The lowest BCUT2D eigenvalue weighted by Crippen LogP contribution is -2.12. The van der Waals surface area contributed by atoms with Crippen molar-refractivity contribution in [3.8, 4) is 0 Å². The van der Waals surface area contributed by atoms with E-state index in [2.05, 4.69) is 0 Å². The molecule has 21 heavy (non-hydrogen) atoms. The summed E-state index contributed by atoms with van der Waals surface area (Å²) in [7, 11) is 0. The smallest absolute Gasteiger partial charge is 0.347 e. The van der Waals surface area contributed by atoms with E-state index >= 15 is 0 Å². The van der Waals surface area contributed by atoms with Crippen LogP contribution in [0.4, 0.5) is 0 Å². The fourth-order valence-electron chi connectivity index (χ4n) is 2.53. The molecule has 3 heteroatoms. The predicted octanol–water partition coefficient (Wildman–Crippen LogP) is 3.39. The number of hydrogen-bond acceptors (Lipinski definition) is 3. The Bertz CT molecular complexity index is 832. The van der Waals surface area contributed by atoms with Crippen LogP contribution in [-0.2, 0) is 12.8 Å². The Kier molecular flexibility index (Phi) is 3.65. The average molecular weight is 278 g/mol. The van der Waals surface area contributed by atoms with Crippen molar-refractivity contribution in [1.29, 1.82) is 0 Å². The second-order valence-electron chi connectivity index (χ2n) is 4.88. The van der Waals surface area contributed by atoms with Crippen LogP contribution in [0.15, 0.2) is 63.8 Å². The number of aldehydes is 1. The van der Waals surface area contributed by atoms with Crippen LogP contribution in [0, 0.1) is 0 Å². The Morgan fingerprint density at radius 3 is 2.38 bits per heavy atom. The molecule has 1 heterocycles. The molecule has 0 spiro atoms. The summed E-state index contributed by atoms with van der Waals surface area (Å²) in [6.45, 7) is 0. The maximum atomic E-state index is 11.9. The van der Waals surface area contributed by atoms with E-state index in [-0.39, 0.29) is 5.56 Å². The molecular weight excluding hydrogens is 264 g/mol. The van der Waals surface area contributed by atoms with Crippen molar-refractivity contribution in [1.82, 2.24) is 0 Å². The van der Waals surface area contributed by atoms with Crippen molar-refractivity contribution in [3.63, 3.8) is 0 Å². The molecule has 2 aromatic carbocycles. The van der Waals surface area contributed by atoms with Gasteiger partial charge in [0.25, 0.3) is 0 Å². The molecule has 0 bridgehead atoms. The molecule has 0 saturated heterocycles. The summed E-state index contributed by atoms with van der Waals surface area (Å²) >= 11 is 0. The van der Waals surface area contributed by atoms with Gasteiger partial charge in [0.15, 0.2) is 6.29 Å². The second kappa shape index (κ2) is 5.75. The van der Waals surface area contributed by atoms with Gasteiger partial charge in [-0.2, -0.15) is 0 Å². The molecule has 0 unspecified atom stereocenters. The predicted molar refractivity (Wildman–Crippen MR) is 81.7 cm³/mol. The Labute approximate surface area is 121 Å². The normalized spacial score (nSPS) is 10.7. The van der Waals surface area contributed by atoms with Gasteiger partial charge in [-0.1, -0.05) is 48.5 Å². The zero-order valence-electron chi connectivity index (χ0n) is 11.4. The van der Waals surface area contributed by atoms with E-state index in [9.17, 15) is 9.59 Å². The van der Waals surface area contributed by atoms with Crippen LogP contribution in [0.2, 0.25) is 0 Å². The lowest BCUT2D eigenvalue weighted by Gasteiger charge is -2.08. The van der Waals surface area contributed by atoms with Gasteiger partial charge in [0.1, 0.15) is 11.1 Å². The Balaban J connectivity index is 2.07. The van der Waals surface area contributed by atoms with Gasteiger partial charge in [-0.05, 0) is 30.0 Å². The quantitative estimate of drug-likeness (QED) is 0.543. The first-order valence-electron chi connectivity index (χ1n) is 6.83. The molecular formula is C18H14O3. The number of carbonyl (C=O) groups excluding carboxylic acids is 1. The van der Waals surface area contributed by atoms with Crippen LogP contribution in [-0.4, -0.2) is 6.29 Å². The molecule has 0 aliphatic heterocycles. The van der Waals surface area contributed by atoms with Crippen LogP contribution in [0.3, 0.4) is 0 Å². The summed E-state index contributed by atoms with van der Waals surface area (Å²) in [6.07, 6.45) is 2.00. The molecule has 0 fully saturated rings. The SMILES string of the molecule is O=Cc1c(CCc2ccccc2)c2ccccc2oc1=O. The molecule has 3 rings (SSSR count). The maximum absolute atomic E-state index is 11.9. The van der Waals surface area contributed by atoms with E-state index in [1.54, 1.807) is 6.07 Å². The molecule has 0 aliphatic carbocycles. The van der Waals surface area contributed by atoms with Crippen molar-refractivity contribution in [2.45, 2.75) is 12.8 Å².